The van der Waals surface area contributed by atoms with Gasteiger partial charge in [0, 0.05) is 34.4 Å². The Bertz CT molecular complexity index is 931. The average molecular weight is 423 g/mol. The SMILES string of the molecule is Cc1ccc(CN(C(=O)c2cccc(S(=O)(=O)N3CCOCC3)c2)C(C)C)s1. The van der Waals surface area contributed by atoms with E-state index >= 15 is 0 Å². The molecule has 0 aliphatic carbocycles. The molecule has 0 atom stereocenters. The molecule has 0 bridgehead atoms. The predicted octanol–water partition coefficient (Wildman–Crippen LogP) is 3.13. The molecule has 1 aromatic carbocycles. The lowest BCUT2D eigenvalue weighted by Crippen LogP contribution is -2.40. The number of carbonyl (C=O) groups excluding carboxylic acids is 1. The second-order valence-electron chi connectivity index (χ2n) is 7.08. The molecule has 2 aromatic rings. The van der Waals surface area contributed by atoms with Crippen LogP contribution in [-0.2, 0) is 21.3 Å². The molecule has 0 unspecified atom stereocenters. The molecule has 8 heteroatoms. The molecule has 0 N–H and O–H groups in total. The molecule has 0 saturated carbocycles. The van der Waals surface area contributed by atoms with Gasteiger partial charge in [-0.3, -0.25) is 4.79 Å². The third-order valence-electron chi connectivity index (χ3n) is 4.70. The Morgan fingerprint density at radius 3 is 2.54 bits per heavy atom. The number of ether oxygens (including phenoxy) is 1. The minimum absolute atomic E-state index is 0.00517. The number of aryl methyl sites for hydroxylation is 1. The fourth-order valence-electron chi connectivity index (χ4n) is 3.12. The number of thiophene rings is 1. The molecule has 1 aliphatic rings. The lowest BCUT2D eigenvalue weighted by Gasteiger charge is -2.28. The van der Waals surface area contributed by atoms with Crippen molar-refractivity contribution in [3.63, 3.8) is 0 Å². The Balaban J connectivity index is 1.85. The van der Waals surface area contributed by atoms with E-state index in [0.717, 1.165) is 4.88 Å². The number of hydrogen-bond donors (Lipinski definition) is 0. The quantitative estimate of drug-likeness (QED) is 0.717. The highest BCUT2D eigenvalue weighted by atomic mass is 32.2. The van der Waals surface area contributed by atoms with Gasteiger partial charge in [0.15, 0.2) is 0 Å². The molecular formula is C20H26N2O4S2. The molecule has 0 radical (unpaired) electrons. The van der Waals surface area contributed by atoms with Crippen LogP contribution < -0.4 is 0 Å². The average Bonchev–Trinajstić information content (AvgIpc) is 3.11. The van der Waals surface area contributed by atoms with Crippen LogP contribution in [0.15, 0.2) is 41.3 Å². The first kappa shape index (κ1) is 21.0. The molecule has 1 fully saturated rings. The third kappa shape index (κ3) is 4.63. The Hall–Kier alpha value is -1.74. The molecule has 1 aliphatic heterocycles. The number of amides is 1. The summed E-state index contributed by atoms with van der Waals surface area (Å²) in [5, 5.41) is 0. The zero-order chi connectivity index (χ0) is 20.3. The van der Waals surface area contributed by atoms with Crippen molar-refractivity contribution in [1.29, 1.82) is 0 Å². The summed E-state index contributed by atoms with van der Waals surface area (Å²) in [4.78, 5) is 17.4. The summed E-state index contributed by atoms with van der Waals surface area (Å²) < 4.78 is 32.5. The van der Waals surface area contributed by atoms with Crippen molar-refractivity contribution >= 4 is 27.3 Å². The van der Waals surface area contributed by atoms with Gasteiger partial charge in [0.2, 0.25) is 10.0 Å². The number of benzene rings is 1. The van der Waals surface area contributed by atoms with E-state index < -0.39 is 10.0 Å². The first-order valence-corrected chi connectivity index (χ1v) is 11.6. The first-order chi connectivity index (χ1) is 13.3. The molecule has 28 heavy (non-hydrogen) atoms. The van der Waals surface area contributed by atoms with Crippen molar-refractivity contribution in [3.05, 3.63) is 51.7 Å². The Kier molecular flexibility index (Phi) is 6.54. The van der Waals surface area contributed by atoms with Crippen LogP contribution >= 0.6 is 11.3 Å². The molecule has 1 saturated heterocycles. The molecule has 1 amide bonds. The van der Waals surface area contributed by atoms with Crippen molar-refractivity contribution in [2.45, 2.75) is 38.3 Å². The van der Waals surface area contributed by atoms with Gasteiger partial charge in [0.05, 0.1) is 24.7 Å². The standard InChI is InChI=1S/C20H26N2O4S2/c1-15(2)22(14-18-8-7-16(3)27-18)20(23)17-5-4-6-19(13-17)28(24,25)21-9-11-26-12-10-21/h4-8,13,15H,9-12,14H2,1-3H3. The fraction of sp³-hybridized carbons (Fsp3) is 0.450. The van der Waals surface area contributed by atoms with Crippen LogP contribution in [0.1, 0.15) is 34.0 Å². The van der Waals surface area contributed by atoms with Crippen molar-refractivity contribution in [2.75, 3.05) is 26.3 Å². The molecule has 3 rings (SSSR count). The van der Waals surface area contributed by atoms with Crippen LogP contribution in [0, 0.1) is 6.92 Å². The van der Waals surface area contributed by atoms with E-state index in [0.29, 0.717) is 38.4 Å². The summed E-state index contributed by atoms with van der Waals surface area (Å²) in [5.74, 6) is -0.167. The van der Waals surface area contributed by atoms with Crippen molar-refractivity contribution < 1.29 is 17.9 Å². The van der Waals surface area contributed by atoms with Gasteiger partial charge in [0.1, 0.15) is 0 Å². The highest BCUT2D eigenvalue weighted by Crippen LogP contribution is 2.22. The first-order valence-electron chi connectivity index (χ1n) is 9.33. The molecule has 2 heterocycles. The van der Waals surface area contributed by atoms with Gasteiger partial charge in [-0.05, 0) is 51.1 Å². The number of hydrogen-bond acceptors (Lipinski definition) is 5. The molecular weight excluding hydrogens is 396 g/mol. The molecule has 6 nitrogen and oxygen atoms in total. The van der Waals surface area contributed by atoms with Gasteiger partial charge in [-0.1, -0.05) is 6.07 Å². The maximum absolute atomic E-state index is 13.2. The summed E-state index contributed by atoms with van der Waals surface area (Å²) in [7, 11) is -3.63. The Morgan fingerprint density at radius 2 is 1.93 bits per heavy atom. The van der Waals surface area contributed by atoms with Gasteiger partial charge >= 0.3 is 0 Å². The van der Waals surface area contributed by atoms with E-state index in [1.807, 2.05) is 32.9 Å². The number of morpholine rings is 1. The van der Waals surface area contributed by atoms with E-state index in [1.165, 1.54) is 15.2 Å². The van der Waals surface area contributed by atoms with Crippen LogP contribution in [0.25, 0.3) is 0 Å². The fourth-order valence-corrected chi connectivity index (χ4v) is 5.46. The van der Waals surface area contributed by atoms with E-state index in [1.54, 1.807) is 34.4 Å². The second-order valence-corrected chi connectivity index (χ2v) is 10.4. The molecule has 0 spiro atoms. The van der Waals surface area contributed by atoms with Gasteiger partial charge in [-0.15, -0.1) is 11.3 Å². The maximum Gasteiger partial charge on any atom is 0.254 e. The lowest BCUT2D eigenvalue weighted by molar-refractivity contribution is 0.0691. The van der Waals surface area contributed by atoms with Crippen LogP contribution in [0.3, 0.4) is 0 Å². The summed E-state index contributed by atoms with van der Waals surface area (Å²) >= 11 is 1.66. The highest BCUT2D eigenvalue weighted by molar-refractivity contribution is 7.89. The van der Waals surface area contributed by atoms with Crippen LogP contribution in [0.4, 0.5) is 0 Å². The monoisotopic (exact) mass is 422 g/mol. The smallest absolute Gasteiger partial charge is 0.254 e. The summed E-state index contributed by atoms with van der Waals surface area (Å²) in [6.45, 7) is 7.91. The van der Waals surface area contributed by atoms with Crippen LogP contribution in [0.2, 0.25) is 0 Å². The number of sulfonamides is 1. The summed E-state index contributed by atoms with van der Waals surface area (Å²) in [6.07, 6.45) is 0. The van der Waals surface area contributed by atoms with E-state index in [2.05, 4.69) is 0 Å². The van der Waals surface area contributed by atoms with Gasteiger partial charge in [-0.2, -0.15) is 4.31 Å². The molecule has 152 valence electrons. The van der Waals surface area contributed by atoms with Crippen molar-refractivity contribution in [1.82, 2.24) is 9.21 Å². The van der Waals surface area contributed by atoms with Crippen LogP contribution in [0.5, 0.6) is 0 Å². The van der Waals surface area contributed by atoms with Gasteiger partial charge in [0.25, 0.3) is 5.91 Å². The minimum atomic E-state index is -3.63. The third-order valence-corrected chi connectivity index (χ3v) is 7.58. The van der Waals surface area contributed by atoms with E-state index in [-0.39, 0.29) is 16.8 Å². The highest BCUT2D eigenvalue weighted by Gasteiger charge is 2.28. The normalized spacial score (nSPS) is 15.7. The minimum Gasteiger partial charge on any atom is -0.379 e. The zero-order valence-electron chi connectivity index (χ0n) is 16.4. The Morgan fingerprint density at radius 1 is 1.21 bits per heavy atom. The molecule has 1 aromatic heterocycles. The van der Waals surface area contributed by atoms with Gasteiger partial charge in [-0.25, -0.2) is 8.42 Å². The van der Waals surface area contributed by atoms with Crippen molar-refractivity contribution in [2.24, 2.45) is 0 Å². The van der Waals surface area contributed by atoms with Crippen LogP contribution in [-0.4, -0.2) is 55.9 Å². The number of nitrogens with zero attached hydrogens (tertiary/aromatic N) is 2. The van der Waals surface area contributed by atoms with E-state index in [4.69, 9.17) is 4.74 Å². The number of rotatable bonds is 6. The topological polar surface area (TPSA) is 66.9 Å². The van der Waals surface area contributed by atoms with E-state index in [9.17, 15) is 13.2 Å². The number of carbonyl (C=O) groups is 1. The predicted molar refractivity (Wildman–Crippen MR) is 110 cm³/mol. The maximum atomic E-state index is 13.2. The summed E-state index contributed by atoms with van der Waals surface area (Å²) in [6, 6.07) is 10.4. The van der Waals surface area contributed by atoms with Crippen molar-refractivity contribution in [3.8, 4) is 0 Å². The lowest BCUT2D eigenvalue weighted by atomic mass is 10.1. The largest absolute Gasteiger partial charge is 0.379 e. The second kappa shape index (κ2) is 8.73. The Labute approximate surface area is 170 Å². The van der Waals surface area contributed by atoms with Gasteiger partial charge < -0.3 is 9.64 Å². The zero-order valence-corrected chi connectivity index (χ0v) is 18.1. The summed E-state index contributed by atoms with van der Waals surface area (Å²) in [5.41, 5.74) is 0.385.